The fraction of sp³-hybridized carbons (Fsp3) is 0.538. The van der Waals surface area contributed by atoms with Gasteiger partial charge in [0.1, 0.15) is 5.75 Å². The van der Waals surface area contributed by atoms with Gasteiger partial charge in [-0.05, 0) is 32.9 Å². The van der Waals surface area contributed by atoms with E-state index < -0.39 is 0 Å². The second-order valence-electron chi connectivity index (χ2n) is 3.92. The van der Waals surface area contributed by atoms with E-state index in [1.807, 2.05) is 6.07 Å². The van der Waals surface area contributed by atoms with Crippen LogP contribution < -0.4 is 10.1 Å². The van der Waals surface area contributed by atoms with E-state index in [-0.39, 0.29) is 0 Å². The highest BCUT2D eigenvalue weighted by Gasteiger charge is 2.10. The zero-order chi connectivity index (χ0) is 11.3. The molecule has 1 rings (SSSR count). The van der Waals surface area contributed by atoms with Gasteiger partial charge in [0, 0.05) is 11.6 Å². The van der Waals surface area contributed by atoms with E-state index in [0.717, 1.165) is 18.7 Å². The molecule has 84 valence electrons. The molecule has 2 heteroatoms. The normalized spacial score (nSPS) is 12.5. The predicted molar refractivity (Wildman–Crippen MR) is 64.4 cm³/mol. The molecular weight excluding hydrogens is 186 g/mol. The first kappa shape index (κ1) is 12.1. The first-order valence-electron chi connectivity index (χ1n) is 5.57. The average Bonchev–Trinajstić information content (AvgIpc) is 2.25. The number of ether oxygens (including phenoxy) is 1. The van der Waals surface area contributed by atoms with E-state index in [0.29, 0.717) is 6.04 Å². The van der Waals surface area contributed by atoms with E-state index in [9.17, 15) is 0 Å². The molecule has 0 saturated carbocycles. The van der Waals surface area contributed by atoms with Crippen molar-refractivity contribution in [3.63, 3.8) is 0 Å². The molecule has 1 N–H and O–H groups in total. The summed E-state index contributed by atoms with van der Waals surface area (Å²) >= 11 is 0. The van der Waals surface area contributed by atoms with Crippen molar-refractivity contribution < 1.29 is 4.74 Å². The number of nitrogens with one attached hydrogen (secondary N) is 1. The predicted octanol–water partition coefficient (Wildman–Crippen LogP) is 3.06. The first-order chi connectivity index (χ1) is 7.19. The highest BCUT2D eigenvalue weighted by atomic mass is 16.5. The van der Waals surface area contributed by atoms with Gasteiger partial charge >= 0.3 is 0 Å². The fourth-order valence-corrected chi connectivity index (χ4v) is 1.66. The van der Waals surface area contributed by atoms with Gasteiger partial charge in [-0.3, -0.25) is 0 Å². The third-order valence-corrected chi connectivity index (χ3v) is 2.55. The Bertz CT molecular complexity index is 309. The standard InChI is InChI=1S/C13H21NO/c1-5-8-14-11(3)12-9-10(2)6-7-13(12)15-4/h6-7,9,11,14H,5,8H2,1-4H3/t11-/m1/s1. The van der Waals surface area contributed by atoms with Gasteiger partial charge < -0.3 is 10.1 Å². The van der Waals surface area contributed by atoms with Crippen LogP contribution in [0.4, 0.5) is 0 Å². The molecule has 0 heterocycles. The summed E-state index contributed by atoms with van der Waals surface area (Å²) in [5.74, 6) is 0.969. The van der Waals surface area contributed by atoms with E-state index >= 15 is 0 Å². The lowest BCUT2D eigenvalue weighted by molar-refractivity contribution is 0.401. The maximum absolute atomic E-state index is 5.36. The fourth-order valence-electron chi connectivity index (χ4n) is 1.66. The van der Waals surface area contributed by atoms with Gasteiger partial charge in [0.05, 0.1) is 7.11 Å². The molecule has 0 unspecified atom stereocenters. The SMILES string of the molecule is CCCN[C@H](C)c1cc(C)ccc1OC. The van der Waals surface area contributed by atoms with Crippen molar-refractivity contribution >= 4 is 0 Å². The Morgan fingerprint density at radius 2 is 2.13 bits per heavy atom. The quantitative estimate of drug-likeness (QED) is 0.801. The van der Waals surface area contributed by atoms with Crippen molar-refractivity contribution in [1.82, 2.24) is 5.32 Å². The minimum Gasteiger partial charge on any atom is -0.496 e. The van der Waals surface area contributed by atoms with Crippen LogP contribution in [0.25, 0.3) is 0 Å². The summed E-state index contributed by atoms with van der Waals surface area (Å²) in [5.41, 5.74) is 2.52. The summed E-state index contributed by atoms with van der Waals surface area (Å²) in [7, 11) is 1.72. The number of methoxy groups -OCH3 is 1. The van der Waals surface area contributed by atoms with Crippen LogP contribution in [0.1, 0.15) is 37.4 Å². The van der Waals surface area contributed by atoms with Crippen LogP contribution in [-0.2, 0) is 0 Å². The number of benzene rings is 1. The Hall–Kier alpha value is -1.02. The Balaban J connectivity index is 2.85. The number of hydrogen-bond acceptors (Lipinski definition) is 2. The van der Waals surface area contributed by atoms with E-state index in [2.05, 4.69) is 38.2 Å². The Morgan fingerprint density at radius 3 is 2.73 bits per heavy atom. The number of aryl methyl sites for hydroxylation is 1. The molecule has 1 atom stereocenters. The molecule has 0 radical (unpaired) electrons. The van der Waals surface area contributed by atoms with Crippen molar-refractivity contribution in [1.29, 1.82) is 0 Å². The van der Waals surface area contributed by atoms with Crippen molar-refractivity contribution in [3.05, 3.63) is 29.3 Å². The van der Waals surface area contributed by atoms with Crippen LogP contribution in [0.3, 0.4) is 0 Å². The van der Waals surface area contributed by atoms with E-state index in [1.54, 1.807) is 7.11 Å². The largest absolute Gasteiger partial charge is 0.496 e. The maximum atomic E-state index is 5.36. The van der Waals surface area contributed by atoms with Gasteiger partial charge in [-0.25, -0.2) is 0 Å². The summed E-state index contributed by atoms with van der Waals surface area (Å²) < 4.78 is 5.36. The molecule has 1 aromatic carbocycles. The van der Waals surface area contributed by atoms with Gasteiger partial charge in [0.25, 0.3) is 0 Å². The molecule has 0 aliphatic carbocycles. The smallest absolute Gasteiger partial charge is 0.123 e. The summed E-state index contributed by atoms with van der Waals surface area (Å²) in [6.45, 7) is 7.49. The molecule has 1 aromatic rings. The highest BCUT2D eigenvalue weighted by Crippen LogP contribution is 2.25. The summed E-state index contributed by atoms with van der Waals surface area (Å²) in [4.78, 5) is 0. The van der Waals surface area contributed by atoms with Crippen LogP contribution in [-0.4, -0.2) is 13.7 Å². The van der Waals surface area contributed by atoms with Crippen LogP contribution in [0.5, 0.6) is 5.75 Å². The molecule has 0 spiro atoms. The zero-order valence-electron chi connectivity index (χ0n) is 10.1. The molecule has 0 aliphatic heterocycles. The van der Waals surface area contributed by atoms with Crippen LogP contribution in [0.2, 0.25) is 0 Å². The average molecular weight is 207 g/mol. The highest BCUT2D eigenvalue weighted by molar-refractivity contribution is 5.38. The molecule has 0 fully saturated rings. The Kier molecular flexibility index (Phi) is 4.63. The van der Waals surface area contributed by atoms with Crippen LogP contribution in [0.15, 0.2) is 18.2 Å². The van der Waals surface area contributed by atoms with Crippen molar-refractivity contribution in [2.75, 3.05) is 13.7 Å². The Morgan fingerprint density at radius 1 is 1.40 bits per heavy atom. The van der Waals surface area contributed by atoms with Gasteiger partial charge in [0.15, 0.2) is 0 Å². The Labute approximate surface area is 92.6 Å². The second kappa shape index (κ2) is 5.76. The summed E-state index contributed by atoms with van der Waals surface area (Å²) in [6, 6.07) is 6.65. The minimum atomic E-state index is 0.347. The molecule has 0 amide bonds. The third kappa shape index (κ3) is 3.24. The second-order valence-corrected chi connectivity index (χ2v) is 3.92. The molecule has 15 heavy (non-hydrogen) atoms. The topological polar surface area (TPSA) is 21.3 Å². The van der Waals surface area contributed by atoms with Crippen molar-refractivity contribution in [2.24, 2.45) is 0 Å². The third-order valence-electron chi connectivity index (χ3n) is 2.55. The zero-order valence-corrected chi connectivity index (χ0v) is 10.1. The van der Waals surface area contributed by atoms with Gasteiger partial charge in [-0.15, -0.1) is 0 Å². The molecule has 0 bridgehead atoms. The van der Waals surface area contributed by atoms with Gasteiger partial charge in [-0.1, -0.05) is 24.6 Å². The maximum Gasteiger partial charge on any atom is 0.123 e. The van der Waals surface area contributed by atoms with Crippen molar-refractivity contribution in [3.8, 4) is 5.75 Å². The lowest BCUT2D eigenvalue weighted by Gasteiger charge is -2.17. The molecule has 2 nitrogen and oxygen atoms in total. The molecular formula is C13H21NO. The van der Waals surface area contributed by atoms with Crippen LogP contribution in [0, 0.1) is 6.92 Å². The lowest BCUT2D eigenvalue weighted by atomic mass is 10.0. The lowest BCUT2D eigenvalue weighted by Crippen LogP contribution is -2.19. The summed E-state index contributed by atoms with van der Waals surface area (Å²) in [5, 5.41) is 3.47. The monoisotopic (exact) mass is 207 g/mol. The molecule has 0 aromatic heterocycles. The number of rotatable bonds is 5. The van der Waals surface area contributed by atoms with E-state index in [1.165, 1.54) is 11.1 Å². The first-order valence-corrected chi connectivity index (χ1v) is 5.57. The number of hydrogen-bond donors (Lipinski definition) is 1. The summed E-state index contributed by atoms with van der Waals surface area (Å²) in [6.07, 6.45) is 1.15. The van der Waals surface area contributed by atoms with E-state index in [4.69, 9.17) is 4.74 Å². The van der Waals surface area contributed by atoms with Crippen LogP contribution >= 0.6 is 0 Å². The van der Waals surface area contributed by atoms with Crippen molar-refractivity contribution in [2.45, 2.75) is 33.2 Å². The molecule has 0 saturated heterocycles. The van der Waals surface area contributed by atoms with Gasteiger partial charge in [0.2, 0.25) is 0 Å². The molecule has 0 aliphatic rings. The minimum absolute atomic E-state index is 0.347. The van der Waals surface area contributed by atoms with Gasteiger partial charge in [-0.2, -0.15) is 0 Å².